The van der Waals surface area contributed by atoms with Gasteiger partial charge in [0.2, 0.25) is 5.91 Å². The first-order valence-electron chi connectivity index (χ1n) is 11.8. The van der Waals surface area contributed by atoms with Gasteiger partial charge in [0.25, 0.3) is 0 Å². The number of aromatic nitrogens is 2. The highest BCUT2D eigenvalue weighted by Crippen LogP contribution is 2.26. The molecule has 0 radical (unpaired) electrons. The smallest absolute Gasteiger partial charge is 0.248 e. The normalized spacial score (nSPS) is 11.1. The largest absolute Gasteiger partial charge is 0.496 e. The van der Waals surface area contributed by atoms with Gasteiger partial charge in [0.15, 0.2) is 0 Å². The number of amides is 1. The van der Waals surface area contributed by atoms with Crippen LogP contribution < -0.4 is 14.8 Å². The lowest BCUT2D eigenvalue weighted by molar-refractivity contribution is -0.111. The van der Waals surface area contributed by atoms with Gasteiger partial charge in [-0.25, -0.2) is 0 Å². The van der Waals surface area contributed by atoms with Gasteiger partial charge in [-0.15, -0.1) is 0 Å². The first-order chi connectivity index (χ1) is 18.2. The van der Waals surface area contributed by atoms with Crippen molar-refractivity contribution in [1.82, 2.24) is 9.78 Å². The van der Waals surface area contributed by atoms with Gasteiger partial charge in [-0.3, -0.25) is 9.48 Å². The molecule has 4 aromatic rings. The standard InChI is InChI=1S/C29H26BrCl2N3O3/c1-18-29(19(2)35(34-18)16-21-4-11-25(31)26(32)15-21)33-28(36)13-6-20-5-12-27(37-3)22(14-20)17-38-24-9-7-23(30)8-10-24/h4-15H,16-17H2,1-3H3,(H,33,36)/b13-6+. The Kier molecular flexibility index (Phi) is 9.15. The third-order valence-electron chi connectivity index (χ3n) is 5.89. The lowest BCUT2D eigenvalue weighted by Gasteiger charge is -2.11. The maximum absolute atomic E-state index is 12.8. The molecule has 0 aliphatic carbocycles. The summed E-state index contributed by atoms with van der Waals surface area (Å²) in [5, 5.41) is 8.53. The second kappa shape index (κ2) is 12.5. The Bertz CT molecular complexity index is 1480. The Morgan fingerprint density at radius 3 is 2.53 bits per heavy atom. The molecule has 0 bridgehead atoms. The van der Waals surface area contributed by atoms with Crippen molar-refractivity contribution < 1.29 is 14.3 Å². The highest BCUT2D eigenvalue weighted by molar-refractivity contribution is 9.10. The van der Waals surface area contributed by atoms with Crippen molar-refractivity contribution in [1.29, 1.82) is 0 Å². The van der Waals surface area contributed by atoms with Crippen LogP contribution in [0.1, 0.15) is 28.1 Å². The van der Waals surface area contributed by atoms with Gasteiger partial charge in [-0.05, 0) is 79.6 Å². The molecule has 1 heterocycles. The fourth-order valence-corrected chi connectivity index (χ4v) is 4.47. The molecule has 1 N–H and O–H groups in total. The number of halogens is 3. The number of hydrogen-bond acceptors (Lipinski definition) is 4. The predicted molar refractivity (Wildman–Crippen MR) is 156 cm³/mol. The number of benzene rings is 3. The van der Waals surface area contributed by atoms with Crippen LogP contribution in [0.3, 0.4) is 0 Å². The third kappa shape index (κ3) is 6.98. The Balaban J connectivity index is 1.43. The molecule has 3 aromatic carbocycles. The number of carbonyl (C=O) groups excluding carboxylic acids is 1. The molecule has 38 heavy (non-hydrogen) atoms. The van der Waals surface area contributed by atoms with E-state index in [-0.39, 0.29) is 5.91 Å². The summed E-state index contributed by atoms with van der Waals surface area (Å²) < 4.78 is 14.2. The molecule has 0 fully saturated rings. The van der Waals surface area contributed by atoms with Crippen LogP contribution in [-0.2, 0) is 17.9 Å². The Hall–Kier alpha value is -3.26. The van der Waals surface area contributed by atoms with Gasteiger partial charge in [-0.2, -0.15) is 5.10 Å². The average Bonchev–Trinajstić information content (AvgIpc) is 3.16. The van der Waals surface area contributed by atoms with Crippen LogP contribution in [0.4, 0.5) is 5.69 Å². The third-order valence-corrected chi connectivity index (χ3v) is 7.15. The second-order valence-electron chi connectivity index (χ2n) is 8.59. The van der Waals surface area contributed by atoms with E-state index in [4.69, 9.17) is 32.7 Å². The average molecular weight is 615 g/mol. The number of nitrogens with zero attached hydrogens (tertiary/aromatic N) is 2. The van der Waals surface area contributed by atoms with E-state index in [2.05, 4.69) is 26.3 Å². The van der Waals surface area contributed by atoms with E-state index in [9.17, 15) is 4.79 Å². The van der Waals surface area contributed by atoms with Gasteiger partial charge in [0.1, 0.15) is 18.1 Å². The summed E-state index contributed by atoms with van der Waals surface area (Å²) in [5.74, 6) is 1.21. The molecule has 4 rings (SSSR count). The quantitative estimate of drug-likeness (QED) is 0.195. The minimum Gasteiger partial charge on any atom is -0.496 e. The van der Waals surface area contributed by atoms with Crippen LogP contribution in [0.25, 0.3) is 6.08 Å². The zero-order valence-electron chi connectivity index (χ0n) is 21.1. The molecule has 1 aromatic heterocycles. The lowest BCUT2D eigenvalue weighted by Crippen LogP contribution is -2.10. The molecule has 0 unspecified atom stereocenters. The van der Waals surface area contributed by atoms with Crippen molar-refractivity contribution in [2.45, 2.75) is 27.0 Å². The van der Waals surface area contributed by atoms with Crippen molar-refractivity contribution in [3.8, 4) is 11.5 Å². The number of anilines is 1. The number of rotatable bonds is 9. The van der Waals surface area contributed by atoms with Gasteiger partial charge in [0.05, 0.1) is 40.8 Å². The topological polar surface area (TPSA) is 65.4 Å². The maximum Gasteiger partial charge on any atom is 0.248 e. The SMILES string of the molecule is COc1ccc(/C=C/C(=O)Nc2c(C)nn(Cc3ccc(Cl)c(Cl)c3)c2C)cc1COc1ccc(Br)cc1. The predicted octanol–water partition coefficient (Wildman–Crippen LogP) is 7.86. The van der Waals surface area contributed by atoms with Crippen LogP contribution in [0, 0.1) is 13.8 Å². The van der Waals surface area contributed by atoms with Gasteiger partial charge >= 0.3 is 0 Å². The van der Waals surface area contributed by atoms with Crippen LogP contribution in [0.5, 0.6) is 11.5 Å². The van der Waals surface area contributed by atoms with Crippen LogP contribution in [0.15, 0.2) is 71.2 Å². The van der Waals surface area contributed by atoms with E-state index >= 15 is 0 Å². The molecule has 0 aliphatic rings. The molecule has 0 aliphatic heterocycles. The van der Waals surface area contributed by atoms with E-state index in [0.717, 1.165) is 38.3 Å². The Morgan fingerprint density at radius 1 is 1.05 bits per heavy atom. The fourth-order valence-electron chi connectivity index (χ4n) is 3.89. The maximum atomic E-state index is 12.8. The summed E-state index contributed by atoms with van der Waals surface area (Å²) in [4.78, 5) is 12.8. The second-order valence-corrected chi connectivity index (χ2v) is 10.3. The van der Waals surface area contributed by atoms with E-state index in [0.29, 0.717) is 34.6 Å². The summed E-state index contributed by atoms with van der Waals surface area (Å²) in [6.45, 7) is 4.61. The first kappa shape index (κ1) is 27.8. The fraction of sp³-hybridized carbons (Fsp3) is 0.172. The summed E-state index contributed by atoms with van der Waals surface area (Å²) in [7, 11) is 1.62. The number of methoxy groups -OCH3 is 1. The minimum atomic E-state index is -0.256. The summed E-state index contributed by atoms with van der Waals surface area (Å²) >= 11 is 15.6. The molecule has 196 valence electrons. The molecular formula is C29H26BrCl2N3O3. The first-order valence-corrected chi connectivity index (χ1v) is 13.3. The van der Waals surface area contributed by atoms with Crippen LogP contribution >= 0.6 is 39.1 Å². The highest BCUT2D eigenvalue weighted by Gasteiger charge is 2.14. The van der Waals surface area contributed by atoms with E-state index < -0.39 is 0 Å². The van der Waals surface area contributed by atoms with Crippen LogP contribution in [-0.4, -0.2) is 22.8 Å². The zero-order chi connectivity index (χ0) is 27.2. The number of aryl methyl sites for hydroxylation is 1. The van der Waals surface area contributed by atoms with Gasteiger partial charge < -0.3 is 14.8 Å². The molecule has 0 spiro atoms. The number of nitrogens with one attached hydrogen (secondary N) is 1. The number of ether oxygens (including phenoxy) is 2. The molecule has 9 heteroatoms. The monoisotopic (exact) mass is 613 g/mol. The number of hydrogen-bond donors (Lipinski definition) is 1. The minimum absolute atomic E-state index is 0.256. The Morgan fingerprint density at radius 2 is 1.82 bits per heavy atom. The molecule has 1 amide bonds. The lowest BCUT2D eigenvalue weighted by atomic mass is 10.1. The van der Waals surface area contributed by atoms with E-state index in [1.54, 1.807) is 19.3 Å². The summed E-state index contributed by atoms with van der Waals surface area (Å²) in [5.41, 5.74) is 4.92. The van der Waals surface area contributed by atoms with E-state index in [1.165, 1.54) is 6.08 Å². The molecule has 0 saturated heterocycles. The van der Waals surface area contributed by atoms with Crippen molar-refractivity contribution >= 4 is 56.8 Å². The Labute approximate surface area is 240 Å². The van der Waals surface area contributed by atoms with E-state index in [1.807, 2.05) is 73.1 Å². The van der Waals surface area contributed by atoms with Crippen molar-refractivity contribution in [2.75, 3.05) is 12.4 Å². The zero-order valence-corrected chi connectivity index (χ0v) is 24.2. The van der Waals surface area contributed by atoms with Gasteiger partial charge in [0, 0.05) is 16.1 Å². The van der Waals surface area contributed by atoms with Crippen molar-refractivity contribution in [2.24, 2.45) is 0 Å². The van der Waals surface area contributed by atoms with Gasteiger partial charge in [-0.1, -0.05) is 51.3 Å². The molecule has 6 nitrogen and oxygen atoms in total. The number of carbonyl (C=O) groups is 1. The summed E-state index contributed by atoms with van der Waals surface area (Å²) in [6, 6.07) is 18.8. The highest BCUT2D eigenvalue weighted by atomic mass is 79.9. The molecule has 0 atom stereocenters. The van der Waals surface area contributed by atoms with Crippen molar-refractivity contribution in [3.63, 3.8) is 0 Å². The summed E-state index contributed by atoms with van der Waals surface area (Å²) in [6.07, 6.45) is 3.25. The van der Waals surface area contributed by atoms with Crippen LogP contribution in [0.2, 0.25) is 10.0 Å². The molecular weight excluding hydrogens is 589 g/mol. The molecule has 0 saturated carbocycles. The van der Waals surface area contributed by atoms with Crippen molar-refractivity contribution in [3.05, 3.63) is 109 Å².